The van der Waals surface area contributed by atoms with Crippen LogP contribution in [0.5, 0.6) is 11.5 Å². The molecule has 0 fully saturated rings. The minimum Gasteiger partial charge on any atom is -0.486 e. The molecule has 0 amide bonds. The molecule has 2 heterocycles. The summed E-state index contributed by atoms with van der Waals surface area (Å²) in [6.45, 7) is 3.04. The van der Waals surface area contributed by atoms with Crippen molar-refractivity contribution < 1.29 is 14.3 Å². The van der Waals surface area contributed by atoms with Crippen LogP contribution in [-0.2, 0) is 0 Å². The minimum absolute atomic E-state index is 0.0412. The Bertz CT molecular complexity index is 601. The average Bonchev–Trinajstić information content (AvgIpc) is 2.83. The zero-order chi connectivity index (χ0) is 12.5. The van der Waals surface area contributed by atoms with E-state index in [2.05, 4.69) is 0 Å². The largest absolute Gasteiger partial charge is 0.486 e. The van der Waals surface area contributed by atoms with E-state index >= 15 is 0 Å². The Labute approximate surface area is 109 Å². The number of hydrogen-bond acceptors (Lipinski definition) is 4. The Morgan fingerprint density at radius 2 is 1.94 bits per heavy atom. The summed E-state index contributed by atoms with van der Waals surface area (Å²) in [5.41, 5.74) is 1.66. The highest BCUT2D eigenvalue weighted by Gasteiger charge is 2.17. The van der Waals surface area contributed by atoms with Crippen LogP contribution < -0.4 is 9.47 Å². The number of rotatable bonds is 2. The van der Waals surface area contributed by atoms with Gasteiger partial charge in [-0.05, 0) is 42.1 Å². The molecular weight excluding hydrogens is 248 g/mol. The molecule has 0 atom stereocenters. The summed E-state index contributed by atoms with van der Waals surface area (Å²) in [6.07, 6.45) is 0. The minimum atomic E-state index is 0.0412. The van der Waals surface area contributed by atoms with Crippen LogP contribution in [0.4, 0.5) is 0 Å². The van der Waals surface area contributed by atoms with Crippen LogP contribution in [0, 0.1) is 6.92 Å². The molecule has 1 aliphatic heterocycles. The van der Waals surface area contributed by atoms with Crippen LogP contribution in [0.3, 0.4) is 0 Å². The molecule has 0 spiro atoms. The van der Waals surface area contributed by atoms with Crippen LogP contribution >= 0.6 is 11.3 Å². The fourth-order valence-electron chi connectivity index (χ4n) is 1.92. The number of carbonyl (C=O) groups is 1. The van der Waals surface area contributed by atoms with Crippen molar-refractivity contribution in [2.24, 2.45) is 0 Å². The van der Waals surface area contributed by atoms with Crippen molar-refractivity contribution in [2.75, 3.05) is 13.2 Å². The van der Waals surface area contributed by atoms with Gasteiger partial charge in [0.15, 0.2) is 11.5 Å². The number of thiophene rings is 1. The topological polar surface area (TPSA) is 35.5 Å². The summed E-state index contributed by atoms with van der Waals surface area (Å²) in [7, 11) is 0. The quantitative estimate of drug-likeness (QED) is 0.778. The van der Waals surface area contributed by atoms with E-state index in [0.29, 0.717) is 30.3 Å². The van der Waals surface area contributed by atoms with Gasteiger partial charge in [-0.1, -0.05) is 0 Å². The number of benzene rings is 1. The van der Waals surface area contributed by atoms with Gasteiger partial charge in [-0.15, -0.1) is 11.3 Å². The molecule has 1 aliphatic rings. The third-order valence-corrected chi connectivity index (χ3v) is 3.89. The highest BCUT2D eigenvalue weighted by atomic mass is 32.1. The van der Waals surface area contributed by atoms with Crippen molar-refractivity contribution in [3.8, 4) is 11.5 Å². The highest BCUT2D eigenvalue weighted by molar-refractivity contribution is 7.12. The maximum atomic E-state index is 12.3. The summed E-state index contributed by atoms with van der Waals surface area (Å²) in [6, 6.07) is 7.30. The van der Waals surface area contributed by atoms with E-state index in [-0.39, 0.29) is 5.78 Å². The van der Waals surface area contributed by atoms with E-state index in [1.165, 1.54) is 11.3 Å². The van der Waals surface area contributed by atoms with Crippen molar-refractivity contribution in [2.45, 2.75) is 6.92 Å². The molecule has 3 rings (SSSR count). The summed E-state index contributed by atoms with van der Waals surface area (Å²) in [4.78, 5) is 13.1. The Kier molecular flexibility index (Phi) is 2.80. The molecule has 3 nitrogen and oxygen atoms in total. The molecule has 0 saturated heterocycles. The molecule has 1 aromatic heterocycles. The van der Waals surface area contributed by atoms with Crippen molar-refractivity contribution in [1.82, 2.24) is 0 Å². The lowest BCUT2D eigenvalue weighted by atomic mass is 10.1. The van der Waals surface area contributed by atoms with Crippen LogP contribution in [0.1, 0.15) is 20.8 Å². The molecule has 92 valence electrons. The van der Waals surface area contributed by atoms with Gasteiger partial charge in [0.2, 0.25) is 5.78 Å². The first-order valence-corrected chi connectivity index (χ1v) is 6.62. The predicted octanol–water partition coefficient (Wildman–Crippen LogP) is 3.06. The second-order valence-electron chi connectivity index (χ2n) is 4.12. The molecule has 0 bridgehead atoms. The molecule has 0 radical (unpaired) electrons. The second-order valence-corrected chi connectivity index (χ2v) is 5.04. The molecule has 18 heavy (non-hydrogen) atoms. The Morgan fingerprint density at radius 3 is 2.67 bits per heavy atom. The first-order chi connectivity index (χ1) is 8.75. The normalized spacial score (nSPS) is 13.4. The van der Waals surface area contributed by atoms with Gasteiger partial charge in [0, 0.05) is 5.56 Å². The van der Waals surface area contributed by atoms with Gasteiger partial charge in [-0.2, -0.15) is 0 Å². The van der Waals surface area contributed by atoms with Crippen LogP contribution in [0.15, 0.2) is 29.6 Å². The van der Waals surface area contributed by atoms with E-state index in [0.717, 1.165) is 10.4 Å². The zero-order valence-electron chi connectivity index (χ0n) is 9.93. The molecule has 4 heteroatoms. The summed E-state index contributed by atoms with van der Waals surface area (Å²) >= 11 is 1.47. The second kappa shape index (κ2) is 4.46. The number of hydrogen-bond donors (Lipinski definition) is 0. The molecule has 0 saturated carbocycles. The molecule has 0 N–H and O–H groups in total. The lowest BCUT2D eigenvalue weighted by Crippen LogP contribution is -2.15. The maximum absolute atomic E-state index is 12.3. The van der Waals surface area contributed by atoms with Gasteiger partial charge in [-0.25, -0.2) is 0 Å². The smallest absolute Gasteiger partial charge is 0.203 e. The van der Waals surface area contributed by atoms with Crippen molar-refractivity contribution >= 4 is 17.1 Å². The third kappa shape index (κ3) is 1.88. The highest BCUT2D eigenvalue weighted by Crippen LogP contribution is 2.32. The van der Waals surface area contributed by atoms with Crippen LogP contribution in [0.25, 0.3) is 0 Å². The standard InChI is InChI=1S/C14H12O3S/c1-9-4-7-18-14(9)13(15)10-2-3-11-12(8-10)17-6-5-16-11/h2-4,7-8H,5-6H2,1H3. The first-order valence-electron chi connectivity index (χ1n) is 5.74. The van der Waals surface area contributed by atoms with Crippen molar-refractivity contribution in [3.05, 3.63) is 45.6 Å². The van der Waals surface area contributed by atoms with E-state index in [1.807, 2.05) is 18.4 Å². The molecule has 0 unspecified atom stereocenters. The monoisotopic (exact) mass is 260 g/mol. The predicted molar refractivity (Wildman–Crippen MR) is 69.9 cm³/mol. The van der Waals surface area contributed by atoms with E-state index < -0.39 is 0 Å². The first kappa shape index (κ1) is 11.3. The fourth-order valence-corrected chi connectivity index (χ4v) is 2.81. The molecule has 0 aliphatic carbocycles. The summed E-state index contributed by atoms with van der Waals surface area (Å²) in [5, 5.41) is 1.93. The van der Waals surface area contributed by atoms with Crippen LogP contribution in [-0.4, -0.2) is 19.0 Å². The van der Waals surface area contributed by atoms with Gasteiger partial charge in [-0.3, -0.25) is 4.79 Å². The van der Waals surface area contributed by atoms with Gasteiger partial charge in [0.05, 0.1) is 4.88 Å². The number of carbonyl (C=O) groups excluding carboxylic acids is 1. The van der Waals surface area contributed by atoms with E-state index in [9.17, 15) is 4.79 Å². The Morgan fingerprint density at radius 1 is 1.17 bits per heavy atom. The van der Waals surface area contributed by atoms with E-state index in [4.69, 9.17) is 9.47 Å². The Balaban J connectivity index is 1.98. The van der Waals surface area contributed by atoms with Gasteiger partial charge in [0.25, 0.3) is 0 Å². The molecule has 1 aromatic carbocycles. The Hall–Kier alpha value is -1.81. The number of ketones is 1. The molecular formula is C14H12O3S. The van der Waals surface area contributed by atoms with E-state index in [1.54, 1.807) is 18.2 Å². The van der Waals surface area contributed by atoms with Gasteiger partial charge in [0.1, 0.15) is 13.2 Å². The SMILES string of the molecule is Cc1ccsc1C(=O)c1ccc2c(c1)OCCO2. The van der Waals surface area contributed by atoms with Gasteiger partial charge >= 0.3 is 0 Å². The van der Waals surface area contributed by atoms with Gasteiger partial charge < -0.3 is 9.47 Å². The number of ether oxygens (including phenoxy) is 2. The third-order valence-electron chi connectivity index (χ3n) is 2.87. The van der Waals surface area contributed by atoms with Crippen molar-refractivity contribution in [3.63, 3.8) is 0 Å². The maximum Gasteiger partial charge on any atom is 0.203 e. The van der Waals surface area contributed by atoms with Crippen molar-refractivity contribution in [1.29, 1.82) is 0 Å². The lowest BCUT2D eigenvalue weighted by Gasteiger charge is -2.18. The summed E-state index contributed by atoms with van der Waals surface area (Å²) in [5.74, 6) is 1.40. The molecule has 2 aromatic rings. The lowest BCUT2D eigenvalue weighted by molar-refractivity contribution is 0.104. The van der Waals surface area contributed by atoms with Crippen LogP contribution in [0.2, 0.25) is 0 Å². The number of fused-ring (bicyclic) bond motifs is 1. The summed E-state index contributed by atoms with van der Waals surface area (Å²) < 4.78 is 10.9. The fraction of sp³-hybridized carbons (Fsp3) is 0.214. The zero-order valence-corrected chi connectivity index (χ0v) is 10.8. The average molecular weight is 260 g/mol. The number of aryl methyl sites for hydroxylation is 1.